The van der Waals surface area contributed by atoms with Gasteiger partial charge < -0.3 is 5.32 Å². The molecule has 116 valence electrons. The highest BCUT2D eigenvalue weighted by atomic mass is 32.2. The number of carbonyl (C=O) groups is 1. The van der Waals surface area contributed by atoms with E-state index in [-0.39, 0.29) is 10.8 Å². The molecule has 0 aliphatic heterocycles. The van der Waals surface area contributed by atoms with Gasteiger partial charge in [0.15, 0.2) is 10.9 Å². The number of thioether (sulfide) groups is 1. The molecular weight excluding hydrogens is 322 g/mol. The molecule has 0 radical (unpaired) electrons. The number of rotatable bonds is 3. The Kier molecular flexibility index (Phi) is 4.65. The van der Waals surface area contributed by atoms with Crippen molar-refractivity contribution in [3.63, 3.8) is 0 Å². The van der Waals surface area contributed by atoms with Crippen LogP contribution in [0.5, 0.6) is 0 Å². The lowest BCUT2D eigenvalue weighted by Crippen LogP contribution is -2.21. The summed E-state index contributed by atoms with van der Waals surface area (Å²) in [6, 6.07) is 4.81. The van der Waals surface area contributed by atoms with Crippen LogP contribution in [0.15, 0.2) is 35.6 Å². The summed E-state index contributed by atoms with van der Waals surface area (Å²) in [4.78, 5) is 19.0. The van der Waals surface area contributed by atoms with E-state index >= 15 is 0 Å². The molecule has 0 fully saturated rings. The number of nitrogens with one attached hydrogen (secondary N) is 1. The van der Waals surface area contributed by atoms with Crippen molar-refractivity contribution in [1.29, 1.82) is 0 Å². The summed E-state index contributed by atoms with van der Waals surface area (Å²) in [5.74, 6) is -1.69. The molecule has 2 aromatic rings. The second kappa shape index (κ2) is 6.30. The molecule has 9 heteroatoms. The van der Waals surface area contributed by atoms with Crippen LogP contribution in [-0.2, 0) is 6.18 Å². The number of anilines is 1. The van der Waals surface area contributed by atoms with Crippen LogP contribution in [-0.4, -0.2) is 22.1 Å². The molecule has 1 N–H and O–H groups in total. The highest BCUT2D eigenvalue weighted by Gasteiger charge is 2.38. The third-order valence-corrected chi connectivity index (χ3v) is 3.11. The van der Waals surface area contributed by atoms with Crippen molar-refractivity contribution in [1.82, 2.24) is 9.97 Å². The second-order valence-electron chi connectivity index (χ2n) is 4.08. The molecule has 0 atom stereocenters. The van der Waals surface area contributed by atoms with Crippen molar-refractivity contribution >= 4 is 23.4 Å². The number of halogens is 4. The number of benzene rings is 1. The molecule has 22 heavy (non-hydrogen) atoms. The molecule has 0 saturated carbocycles. The zero-order chi connectivity index (χ0) is 16.3. The fourth-order valence-corrected chi connectivity index (χ4v) is 1.95. The average Bonchev–Trinajstić information content (AvgIpc) is 2.45. The smallest absolute Gasteiger partial charge is 0.322 e. The molecule has 1 amide bonds. The highest BCUT2D eigenvalue weighted by Crippen LogP contribution is 2.31. The summed E-state index contributed by atoms with van der Waals surface area (Å²) in [6.07, 6.45) is -2.49. The lowest BCUT2D eigenvalue weighted by atomic mass is 10.2. The zero-order valence-corrected chi connectivity index (χ0v) is 11.9. The van der Waals surface area contributed by atoms with Crippen LogP contribution in [0.2, 0.25) is 0 Å². The number of nitrogens with zero attached hydrogens (tertiary/aromatic N) is 2. The van der Waals surface area contributed by atoms with E-state index in [0.717, 1.165) is 30.1 Å². The molecule has 1 aromatic carbocycles. The summed E-state index contributed by atoms with van der Waals surface area (Å²) in [6.45, 7) is 0. The molecule has 0 unspecified atom stereocenters. The first-order valence-electron chi connectivity index (χ1n) is 5.86. The molecule has 0 saturated heterocycles. The summed E-state index contributed by atoms with van der Waals surface area (Å²) < 4.78 is 52.0. The molecule has 0 aliphatic rings. The number of aromatic nitrogens is 2. The summed E-state index contributed by atoms with van der Waals surface area (Å²) in [5.41, 5.74) is -2.03. The minimum Gasteiger partial charge on any atom is -0.322 e. The van der Waals surface area contributed by atoms with Crippen LogP contribution in [0.4, 0.5) is 23.2 Å². The van der Waals surface area contributed by atoms with Crippen LogP contribution in [0.3, 0.4) is 0 Å². The van der Waals surface area contributed by atoms with E-state index in [1.807, 2.05) is 0 Å². The molecule has 0 spiro atoms. The molecule has 0 bridgehead atoms. The van der Waals surface area contributed by atoms with Gasteiger partial charge in [-0.15, -0.1) is 0 Å². The number of amides is 1. The van der Waals surface area contributed by atoms with E-state index in [1.54, 1.807) is 0 Å². The summed E-state index contributed by atoms with van der Waals surface area (Å²) in [7, 11) is 0. The van der Waals surface area contributed by atoms with Gasteiger partial charge in [0, 0.05) is 11.9 Å². The van der Waals surface area contributed by atoms with E-state index in [1.165, 1.54) is 18.4 Å². The molecule has 0 aliphatic carbocycles. The van der Waals surface area contributed by atoms with Gasteiger partial charge in [0.1, 0.15) is 5.82 Å². The minimum absolute atomic E-state index is 0.0343. The van der Waals surface area contributed by atoms with Gasteiger partial charge in [-0.1, -0.05) is 17.8 Å². The Morgan fingerprint density at radius 3 is 2.64 bits per heavy atom. The average molecular weight is 331 g/mol. The minimum atomic E-state index is -4.80. The first kappa shape index (κ1) is 16.2. The van der Waals surface area contributed by atoms with E-state index in [0.29, 0.717) is 0 Å². The summed E-state index contributed by atoms with van der Waals surface area (Å²) in [5, 5.41) is 2.08. The first-order chi connectivity index (χ1) is 10.3. The van der Waals surface area contributed by atoms with Crippen molar-refractivity contribution < 1.29 is 22.4 Å². The number of hydrogen-bond donors (Lipinski definition) is 1. The van der Waals surface area contributed by atoms with E-state index in [4.69, 9.17) is 0 Å². The van der Waals surface area contributed by atoms with Crippen LogP contribution in [0, 0.1) is 5.82 Å². The second-order valence-corrected chi connectivity index (χ2v) is 4.85. The third kappa shape index (κ3) is 3.73. The topological polar surface area (TPSA) is 54.9 Å². The van der Waals surface area contributed by atoms with Gasteiger partial charge in [0.25, 0.3) is 5.91 Å². The highest BCUT2D eigenvalue weighted by molar-refractivity contribution is 7.98. The Bertz CT molecular complexity index is 706. The number of carbonyl (C=O) groups excluding carboxylic acids is 1. The molecular formula is C13H9F4N3OS. The SMILES string of the molecule is CSc1ncc(C(=O)Nc2cccc(F)c2)c(C(F)(F)F)n1. The monoisotopic (exact) mass is 331 g/mol. The van der Waals surface area contributed by atoms with Crippen LogP contribution in [0.25, 0.3) is 0 Å². The quantitative estimate of drug-likeness (QED) is 0.530. The van der Waals surface area contributed by atoms with Crippen molar-refractivity contribution in [3.05, 3.63) is 47.5 Å². The van der Waals surface area contributed by atoms with E-state index in [9.17, 15) is 22.4 Å². The lowest BCUT2D eigenvalue weighted by Gasteiger charge is -2.12. The number of alkyl halides is 3. The van der Waals surface area contributed by atoms with Crippen LogP contribution in [0.1, 0.15) is 16.1 Å². The van der Waals surface area contributed by atoms with Gasteiger partial charge in [0.05, 0.1) is 5.56 Å². The van der Waals surface area contributed by atoms with Crippen LogP contribution < -0.4 is 5.32 Å². The standard InChI is InChI=1S/C13H9F4N3OS/c1-22-12-18-6-9(10(20-12)13(15,16)17)11(21)19-8-4-2-3-7(14)5-8/h2-6H,1H3,(H,19,21). The third-order valence-electron chi connectivity index (χ3n) is 2.54. The molecule has 1 heterocycles. The lowest BCUT2D eigenvalue weighted by molar-refractivity contribution is -0.142. The Labute approximate surface area is 127 Å². The van der Waals surface area contributed by atoms with Crippen molar-refractivity contribution in [2.24, 2.45) is 0 Å². The van der Waals surface area contributed by atoms with Gasteiger partial charge in [-0.3, -0.25) is 4.79 Å². The molecule has 4 nitrogen and oxygen atoms in total. The maximum atomic E-state index is 13.0. The Balaban J connectivity index is 2.37. The Morgan fingerprint density at radius 1 is 1.32 bits per heavy atom. The maximum Gasteiger partial charge on any atom is 0.434 e. The predicted octanol–water partition coefficient (Wildman–Crippen LogP) is 3.61. The van der Waals surface area contributed by atoms with Crippen molar-refractivity contribution in [3.8, 4) is 0 Å². The maximum absolute atomic E-state index is 13.0. The van der Waals surface area contributed by atoms with Gasteiger partial charge in [-0.2, -0.15) is 13.2 Å². The molecule has 1 aromatic heterocycles. The summed E-state index contributed by atoms with van der Waals surface area (Å²) >= 11 is 0.922. The van der Waals surface area contributed by atoms with Gasteiger partial charge in [-0.25, -0.2) is 14.4 Å². The Hall–Kier alpha value is -2.16. The van der Waals surface area contributed by atoms with Gasteiger partial charge in [-0.05, 0) is 24.5 Å². The van der Waals surface area contributed by atoms with E-state index in [2.05, 4.69) is 15.3 Å². The first-order valence-corrected chi connectivity index (χ1v) is 7.09. The van der Waals surface area contributed by atoms with Crippen molar-refractivity contribution in [2.75, 3.05) is 11.6 Å². The zero-order valence-electron chi connectivity index (χ0n) is 11.1. The van der Waals surface area contributed by atoms with Crippen molar-refractivity contribution in [2.45, 2.75) is 11.3 Å². The molecule has 2 rings (SSSR count). The van der Waals surface area contributed by atoms with E-state index < -0.39 is 29.2 Å². The number of hydrogen-bond acceptors (Lipinski definition) is 4. The van der Waals surface area contributed by atoms with Crippen LogP contribution >= 0.6 is 11.8 Å². The predicted molar refractivity (Wildman–Crippen MR) is 73.2 cm³/mol. The van der Waals surface area contributed by atoms with Gasteiger partial charge in [0.2, 0.25) is 0 Å². The fraction of sp³-hybridized carbons (Fsp3) is 0.154. The Morgan fingerprint density at radius 2 is 2.05 bits per heavy atom. The largest absolute Gasteiger partial charge is 0.434 e. The normalized spacial score (nSPS) is 11.3. The van der Waals surface area contributed by atoms with Gasteiger partial charge >= 0.3 is 6.18 Å². The fourth-order valence-electron chi connectivity index (χ4n) is 1.61.